The normalized spacial score (nSPS) is 27.7. The minimum absolute atomic E-state index is 0.0872. The van der Waals surface area contributed by atoms with Crippen LogP contribution in [0, 0.1) is 23.1 Å². The van der Waals surface area contributed by atoms with Crippen molar-refractivity contribution in [2.24, 2.45) is 22.4 Å². The number of ether oxygens (including phenoxy) is 1. The summed E-state index contributed by atoms with van der Waals surface area (Å²) in [5, 5.41) is 14.8. The Morgan fingerprint density at radius 2 is 1.82 bits per heavy atom. The third-order valence-corrected chi connectivity index (χ3v) is 10.7. The summed E-state index contributed by atoms with van der Waals surface area (Å²) in [5.41, 5.74) is 0.783. The zero-order valence-electron chi connectivity index (χ0n) is 27.6. The minimum Gasteiger partial charge on any atom is -0.481 e. The van der Waals surface area contributed by atoms with Gasteiger partial charge in [0.25, 0.3) is 0 Å². The summed E-state index contributed by atoms with van der Waals surface area (Å²) in [6, 6.07) is 12.7. The number of carbonyl (C=O) groups is 4. The molecule has 2 amide bonds. The van der Waals surface area contributed by atoms with Crippen LogP contribution in [-0.2, 0) is 48.0 Å². The molecule has 0 bridgehead atoms. The molecule has 264 valence electrons. The summed E-state index contributed by atoms with van der Waals surface area (Å²) in [5.74, 6) is -2.39. The van der Waals surface area contributed by atoms with Gasteiger partial charge in [-0.1, -0.05) is 74.4 Å². The van der Waals surface area contributed by atoms with Crippen molar-refractivity contribution in [1.82, 2.24) is 9.80 Å². The topological polar surface area (TPSA) is 164 Å². The fraction of sp³-hybridized carbons (Fsp3) is 0.500. The molecule has 3 heterocycles. The monoisotopic (exact) mass is 697 g/mol. The first kappa shape index (κ1) is 36.2. The largest absolute Gasteiger partial charge is 0.481 e. The average Bonchev–Trinajstić information content (AvgIpc) is 3.35. The van der Waals surface area contributed by atoms with Crippen molar-refractivity contribution >= 4 is 33.8 Å². The lowest BCUT2D eigenvalue weighted by Gasteiger charge is -2.27. The summed E-state index contributed by atoms with van der Waals surface area (Å²) >= 11 is 0. The van der Waals surface area contributed by atoms with Gasteiger partial charge in [0.2, 0.25) is 15.9 Å². The third kappa shape index (κ3) is 8.93. The molecular formula is C36H44FN3O8S. The Kier molecular flexibility index (Phi) is 11.2. The molecule has 1 aliphatic carbocycles. The van der Waals surface area contributed by atoms with Crippen LogP contribution < -0.4 is 5.14 Å². The van der Waals surface area contributed by atoms with Gasteiger partial charge in [0.1, 0.15) is 11.9 Å². The summed E-state index contributed by atoms with van der Waals surface area (Å²) in [4.78, 5) is 55.0. The van der Waals surface area contributed by atoms with Crippen molar-refractivity contribution < 1.29 is 41.8 Å². The van der Waals surface area contributed by atoms with E-state index in [0.717, 1.165) is 36.8 Å². The Bertz CT molecular complexity index is 1700. The lowest BCUT2D eigenvalue weighted by atomic mass is 9.91. The molecule has 0 spiro atoms. The van der Waals surface area contributed by atoms with Crippen molar-refractivity contribution in [3.8, 4) is 0 Å². The zero-order chi connectivity index (χ0) is 35.3. The van der Waals surface area contributed by atoms with E-state index in [2.05, 4.69) is 0 Å². The van der Waals surface area contributed by atoms with Crippen LogP contribution in [-0.4, -0.2) is 65.8 Å². The number of sulfonamides is 1. The number of benzene rings is 2. The molecule has 6 rings (SSSR count). The summed E-state index contributed by atoms with van der Waals surface area (Å²) in [7, 11) is -3.38. The van der Waals surface area contributed by atoms with Crippen LogP contribution in [0.4, 0.5) is 9.18 Å². The predicted octanol–water partition coefficient (Wildman–Crippen LogP) is 4.93. The van der Waals surface area contributed by atoms with Gasteiger partial charge >= 0.3 is 12.1 Å². The highest BCUT2D eigenvalue weighted by Crippen LogP contribution is 2.57. The van der Waals surface area contributed by atoms with Crippen molar-refractivity contribution in [3.63, 3.8) is 0 Å². The van der Waals surface area contributed by atoms with Gasteiger partial charge in [0, 0.05) is 30.9 Å². The molecule has 3 aliphatic heterocycles. The first-order chi connectivity index (χ1) is 23.3. The number of primary sulfonamides is 1. The van der Waals surface area contributed by atoms with Crippen LogP contribution >= 0.6 is 0 Å². The Morgan fingerprint density at radius 3 is 2.51 bits per heavy atom. The number of hydrogen-bond acceptors (Lipinski definition) is 7. The first-order valence-electron chi connectivity index (χ1n) is 16.8. The number of hydrogen-bond donors (Lipinski definition) is 2. The van der Waals surface area contributed by atoms with Gasteiger partial charge < -0.3 is 14.7 Å². The zero-order valence-corrected chi connectivity index (χ0v) is 28.4. The highest BCUT2D eigenvalue weighted by Gasteiger charge is 2.61. The van der Waals surface area contributed by atoms with E-state index in [4.69, 9.17) is 9.88 Å². The Balaban J connectivity index is 0.000000363. The Labute approximate surface area is 286 Å². The van der Waals surface area contributed by atoms with E-state index in [9.17, 15) is 37.1 Å². The molecule has 1 saturated carbocycles. The number of halogens is 1. The van der Waals surface area contributed by atoms with Gasteiger partial charge in [-0.05, 0) is 48.8 Å². The van der Waals surface area contributed by atoms with Crippen molar-refractivity contribution in [1.29, 1.82) is 0 Å². The van der Waals surface area contributed by atoms with Crippen molar-refractivity contribution in [2.75, 3.05) is 6.54 Å². The van der Waals surface area contributed by atoms with Crippen LogP contribution in [0.1, 0.15) is 75.0 Å². The van der Waals surface area contributed by atoms with Crippen LogP contribution in [0.25, 0.3) is 0 Å². The number of ketones is 1. The molecule has 0 aromatic heterocycles. The number of aliphatic carboxylic acids is 1. The quantitative estimate of drug-likeness (QED) is 0.425. The molecule has 1 saturated heterocycles. The predicted molar refractivity (Wildman–Crippen MR) is 178 cm³/mol. The fourth-order valence-corrected chi connectivity index (χ4v) is 7.72. The molecule has 0 radical (unpaired) electrons. The van der Waals surface area contributed by atoms with Gasteiger partial charge in [-0.3, -0.25) is 19.3 Å². The van der Waals surface area contributed by atoms with Gasteiger partial charge in [-0.15, -0.1) is 0 Å². The second kappa shape index (κ2) is 15.2. The van der Waals surface area contributed by atoms with Crippen LogP contribution in [0.15, 0.2) is 60.7 Å². The van der Waals surface area contributed by atoms with Gasteiger partial charge in [0.05, 0.1) is 30.3 Å². The van der Waals surface area contributed by atoms with E-state index in [1.165, 1.54) is 15.9 Å². The summed E-state index contributed by atoms with van der Waals surface area (Å²) in [6.45, 7) is 2.28. The molecule has 4 aliphatic rings. The second-order valence-electron chi connectivity index (χ2n) is 13.7. The van der Waals surface area contributed by atoms with Crippen LogP contribution in [0.3, 0.4) is 0 Å². The maximum Gasteiger partial charge on any atom is 0.410 e. The van der Waals surface area contributed by atoms with Crippen molar-refractivity contribution in [2.45, 2.75) is 89.3 Å². The molecule has 0 unspecified atom stereocenters. The first-order valence-corrected chi connectivity index (χ1v) is 18.5. The van der Waals surface area contributed by atoms with Gasteiger partial charge in [-0.2, -0.15) is 0 Å². The number of nitrogens with zero attached hydrogens (tertiary/aromatic N) is 2. The minimum atomic E-state index is -3.38. The standard InChI is InChI=1S/C29H35FN2O6.C7H9NO2S/c1-18-8-5-3-2-4-6-10-20-13-29(20,27(35)36)14-25(33)24-12-21(16-32(24)26(18)34)38-28(37)31-15-19-9-7-11-23(30)22(19)17-31;8-11(9,10)6-7-4-2-1-3-5-7/h6-7,9-11,18,20-21,24H,2-5,8,12-17H2,1H3,(H,35,36);1-5H,6H2,(H2,8,9,10)/b10-6-;/t18-,20+,21+,24-,29+;/m0./s1. The number of nitrogens with two attached hydrogens (primary N) is 1. The molecule has 2 aromatic carbocycles. The summed E-state index contributed by atoms with van der Waals surface area (Å²) in [6.07, 6.45) is 7.42. The average molecular weight is 698 g/mol. The molecule has 2 fully saturated rings. The SMILES string of the molecule is C[C@H]1CCCCC/C=C\[C@@H]2C[C@@]2(C(=O)O)CC(=O)[C@@H]2C[C@@H](OC(=O)N3Cc4cccc(F)c4C3)CN2C1=O.NS(=O)(=O)Cc1ccccc1. The number of carboxylic acid groups (broad SMARTS) is 1. The number of Topliss-reactive ketones (excluding diaryl/α,β-unsaturated/α-hetero) is 1. The Morgan fingerprint density at radius 1 is 1.06 bits per heavy atom. The summed E-state index contributed by atoms with van der Waals surface area (Å²) < 4.78 is 41.0. The third-order valence-electron chi connectivity index (χ3n) is 9.93. The van der Waals surface area contributed by atoms with E-state index < -0.39 is 39.6 Å². The smallest absolute Gasteiger partial charge is 0.410 e. The van der Waals surface area contributed by atoms with Crippen LogP contribution in [0.2, 0.25) is 0 Å². The highest BCUT2D eigenvalue weighted by molar-refractivity contribution is 7.88. The second-order valence-corrected chi connectivity index (χ2v) is 15.3. The molecule has 5 atom stereocenters. The molecule has 11 nitrogen and oxygen atoms in total. The van der Waals surface area contributed by atoms with Gasteiger partial charge in [0.15, 0.2) is 5.78 Å². The number of fused-ring (bicyclic) bond motifs is 3. The lowest BCUT2D eigenvalue weighted by molar-refractivity contribution is -0.147. The number of carbonyl (C=O) groups excluding carboxylic acids is 3. The van der Waals surface area contributed by atoms with E-state index in [1.807, 2.05) is 25.1 Å². The van der Waals surface area contributed by atoms with Crippen molar-refractivity contribution in [3.05, 3.63) is 83.2 Å². The fourth-order valence-electron chi connectivity index (χ4n) is 7.06. The molecule has 13 heteroatoms. The maximum atomic E-state index is 14.1. The number of rotatable bonds is 4. The molecule has 2 aromatic rings. The maximum absolute atomic E-state index is 14.1. The highest BCUT2D eigenvalue weighted by atomic mass is 32.2. The number of carboxylic acids is 1. The Hall–Kier alpha value is -4.10. The number of amides is 2. The van der Waals surface area contributed by atoms with E-state index in [-0.39, 0.29) is 67.6 Å². The van der Waals surface area contributed by atoms with E-state index in [0.29, 0.717) is 18.4 Å². The van der Waals surface area contributed by atoms with Crippen LogP contribution in [0.5, 0.6) is 0 Å². The molecule has 3 N–H and O–H groups in total. The molecule has 49 heavy (non-hydrogen) atoms. The van der Waals surface area contributed by atoms with E-state index >= 15 is 0 Å². The lowest BCUT2D eigenvalue weighted by Crippen LogP contribution is -2.44. The van der Waals surface area contributed by atoms with Gasteiger partial charge in [-0.25, -0.2) is 22.7 Å². The number of allylic oxidation sites excluding steroid dienone is 2. The van der Waals surface area contributed by atoms with E-state index in [1.54, 1.807) is 36.4 Å². The molecular weight excluding hydrogens is 653 g/mol.